The van der Waals surface area contributed by atoms with E-state index >= 15 is 0 Å². The van der Waals surface area contributed by atoms with E-state index in [9.17, 15) is 10.1 Å². The summed E-state index contributed by atoms with van der Waals surface area (Å²) in [7, 11) is 0. The lowest BCUT2D eigenvalue weighted by molar-refractivity contribution is -0.126. The van der Waals surface area contributed by atoms with Gasteiger partial charge in [0.15, 0.2) is 0 Å². The van der Waals surface area contributed by atoms with Crippen molar-refractivity contribution in [2.24, 2.45) is 5.92 Å². The van der Waals surface area contributed by atoms with Crippen LogP contribution in [0.2, 0.25) is 0 Å². The molecular formula is C16H20N2O2S. The largest absolute Gasteiger partial charge is 0.494 e. The molecule has 0 saturated carbocycles. The smallest absolute Gasteiger partial charge is 0.224 e. The summed E-state index contributed by atoms with van der Waals surface area (Å²) in [5.74, 6) is 2.20. The summed E-state index contributed by atoms with van der Waals surface area (Å²) in [6.45, 7) is 2.36. The van der Waals surface area contributed by atoms with E-state index in [2.05, 4.69) is 11.4 Å². The summed E-state index contributed by atoms with van der Waals surface area (Å²) < 4.78 is 5.60. The Bertz CT molecular complexity index is 507. The highest BCUT2D eigenvalue weighted by atomic mass is 32.2. The zero-order chi connectivity index (χ0) is 15.1. The molecule has 0 unspecified atom stereocenters. The molecule has 2 rings (SSSR count). The summed E-state index contributed by atoms with van der Waals surface area (Å²) in [6, 6.07) is 11.8. The number of nitrogens with zero attached hydrogens (tertiary/aromatic N) is 1. The van der Waals surface area contributed by atoms with Crippen molar-refractivity contribution in [1.29, 1.82) is 5.26 Å². The molecule has 112 valence electrons. The van der Waals surface area contributed by atoms with Crippen LogP contribution in [0.25, 0.3) is 0 Å². The molecule has 1 fully saturated rings. The molecule has 1 aliphatic heterocycles. The van der Waals surface area contributed by atoms with Crippen LogP contribution in [0.4, 0.5) is 0 Å². The number of thioether (sulfide) groups is 1. The van der Waals surface area contributed by atoms with Gasteiger partial charge in [0.2, 0.25) is 5.91 Å². The number of nitrogens with one attached hydrogen (secondary N) is 1. The van der Waals surface area contributed by atoms with Crippen molar-refractivity contribution in [2.45, 2.75) is 25.3 Å². The molecule has 2 atom stereocenters. The van der Waals surface area contributed by atoms with Gasteiger partial charge in [-0.1, -0.05) is 25.1 Å². The zero-order valence-corrected chi connectivity index (χ0v) is 13.0. The average molecular weight is 304 g/mol. The van der Waals surface area contributed by atoms with Crippen molar-refractivity contribution in [1.82, 2.24) is 5.32 Å². The van der Waals surface area contributed by atoms with Gasteiger partial charge in [0, 0.05) is 11.7 Å². The number of nitriles is 1. The summed E-state index contributed by atoms with van der Waals surface area (Å²) in [4.78, 5) is 12.2. The molecule has 1 aromatic carbocycles. The van der Waals surface area contributed by atoms with Crippen molar-refractivity contribution in [3.8, 4) is 11.8 Å². The summed E-state index contributed by atoms with van der Waals surface area (Å²) in [6.07, 6.45) is 1.36. The first-order valence-electron chi connectivity index (χ1n) is 7.14. The monoisotopic (exact) mass is 304 g/mol. The third-order valence-corrected chi connectivity index (χ3v) is 4.80. The normalized spacial score (nSPS) is 22.3. The van der Waals surface area contributed by atoms with Crippen LogP contribution < -0.4 is 10.1 Å². The van der Waals surface area contributed by atoms with Crippen molar-refractivity contribution in [3.05, 3.63) is 30.3 Å². The van der Waals surface area contributed by atoms with Crippen LogP contribution in [0.15, 0.2) is 30.3 Å². The first-order chi connectivity index (χ1) is 10.2. The first kappa shape index (κ1) is 15.7. The van der Waals surface area contributed by atoms with Crippen molar-refractivity contribution < 1.29 is 9.53 Å². The Kier molecular flexibility index (Phi) is 5.51. The highest BCUT2D eigenvalue weighted by Gasteiger charge is 2.36. The van der Waals surface area contributed by atoms with Crippen LogP contribution in [-0.4, -0.2) is 29.6 Å². The van der Waals surface area contributed by atoms with Gasteiger partial charge in [-0.05, 0) is 30.7 Å². The van der Waals surface area contributed by atoms with E-state index in [1.54, 1.807) is 11.8 Å². The number of ether oxygens (including phenoxy) is 1. The number of carbonyl (C=O) groups is 1. The Labute approximate surface area is 129 Å². The molecule has 1 saturated heterocycles. The van der Waals surface area contributed by atoms with Gasteiger partial charge in [-0.25, -0.2) is 0 Å². The van der Waals surface area contributed by atoms with Gasteiger partial charge >= 0.3 is 0 Å². The number of hydrogen-bond donors (Lipinski definition) is 1. The molecule has 1 N–H and O–H groups in total. The van der Waals surface area contributed by atoms with Gasteiger partial charge in [-0.3, -0.25) is 4.79 Å². The predicted molar refractivity (Wildman–Crippen MR) is 84.1 cm³/mol. The number of benzene rings is 1. The maximum Gasteiger partial charge on any atom is 0.224 e. The lowest BCUT2D eigenvalue weighted by Crippen LogP contribution is -2.49. The fourth-order valence-corrected chi connectivity index (χ4v) is 3.41. The second-order valence-corrected chi connectivity index (χ2v) is 6.44. The molecule has 1 heterocycles. The number of para-hydroxylation sites is 1. The van der Waals surface area contributed by atoms with Gasteiger partial charge in [0.25, 0.3) is 0 Å². The lowest BCUT2D eigenvalue weighted by Gasteiger charge is -2.23. The molecular weight excluding hydrogens is 284 g/mol. The minimum absolute atomic E-state index is 0.0595. The molecule has 0 radical (unpaired) electrons. The molecule has 5 heteroatoms. The second kappa shape index (κ2) is 7.37. The Morgan fingerprint density at radius 1 is 1.52 bits per heavy atom. The maximum atomic E-state index is 12.2. The third kappa shape index (κ3) is 4.40. The van der Waals surface area contributed by atoms with Gasteiger partial charge in [0.05, 0.1) is 12.7 Å². The molecule has 1 aromatic rings. The second-order valence-electron chi connectivity index (χ2n) is 5.34. The van der Waals surface area contributed by atoms with Crippen LogP contribution in [-0.2, 0) is 4.79 Å². The molecule has 0 spiro atoms. The lowest BCUT2D eigenvalue weighted by atomic mass is 9.99. The van der Waals surface area contributed by atoms with Gasteiger partial charge in [0.1, 0.15) is 11.3 Å². The molecule has 0 bridgehead atoms. The van der Waals surface area contributed by atoms with E-state index in [0.717, 1.165) is 17.9 Å². The predicted octanol–water partition coefficient (Wildman–Crippen LogP) is 2.61. The fourth-order valence-electron chi connectivity index (χ4n) is 2.14. The zero-order valence-electron chi connectivity index (χ0n) is 12.2. The Balaban J connectivity index is 1.76. The third-order valence-electron chi connectivity index (χ3n) is 3.61. The summed E-state index contributed by atoms with van der Waals surface area (Å²) >= 11 is 1.71. The van der Waals surface area contributed by atoms with Crippen LogP contribution in [0.3, 0.4) is 0 Å². The topological polar surface area (TPSA) is 62.1 Å². The number of amides is 1. The molecule has 1 aliphatic rings. The fraction of sp³-hybridized carbons (Fsp3) is 0.500. The number of carbonyl (C=O) groups excluding carboxylic acids is 1. The first-order valence-corrected chi connectivity index (χ1v) is 8.29. The van der Waals surface area contributed by atoms with Crippen LogP contribution in [0.1, 0.15) is 19.8 Å². The molecule has 21 heavy (non-hydrogen) atoms. The standard InChI is InChI=1S/C16H20N2O2S/c1-13(7-9-20-14-5-3-2-4-6-14)15(19)18-16(11-17)8-10-21-12-16/h2-6,13H,7-10,12H2,1H3,(H,18,19)/t13-,16-/m1/s1. The van der Waals surface area contributed by atoms with Crippen LogP contribution in [0, 0.1) is 17.2 Å². The van der Waals surface area contributed by atoms with Gasteiger partial charge in [-0.15, -0.1) is 0 Å². The molecule has 0 aliphatic carbocycles. The van der Waals surface area contributed by atoms with E-state index in [-0.39, 0.29) is 11.8 Å². The van der Waals surface area contributed by atoms with Crippen LogP contribution >= 0.6 is 11.8 Å². The summed E-state index contributed by atoms with van der Waals surface area (Å²) in [5, 5.41) is 12.2. The number of hydrogen-bond acceptors (Lipinski definition) is 4. The Morgan fingerprint density at radius 3 is 2.90 bits per heavy atom. The van der Waals surface area contributed by atoms with E-state index in [4.69, 9.17) is 4.74 Å². The number of rotatable bonds is 6. The SMILES string of the molecule is C[C@H](CCOc1ccccc1)C(=O)N[C@@]1(C#N)CCSC1. The van der Waals surface area contributed by atoms with E-state index < -0.39 is 5.54 Å². The van der Waals surface area contributed by atoms with Gasteiger partial charge in [-0.2, -0.15) is 17.0 Å². The minimum Gasteiger partial charge on any atom is -0.494 e. The van der Waals surface area contributed by atoms with Crippen molar-refractivity contribution in [3.63, 3.8) is 0 Å². The van der Waals surface area contributed by atoms with E-state index in [1.165, 1.54) is 0 Å². The summed E-state index contributed by atoms with van der Waals surface area (Å²) in [5.41, 5.74) is -0.670. The van der Waals surface area contributed by atoms with E-state index in [1.807, 2.05) is 37.3 Å². The average Bonchev–Trinajstić information content (AvgIpc) is 2.97. The van der Waals surface area contributed by atoms with Crippen LogP contribution in [0.5, 0.6) is 5.75 Å². The van der Waals surface area contributed by atoms with Crippen molar-refractivity contribution >= 4 is 17.7 Å². The Hall–Kier alpha value is -1.67. The quantitative estimate of drug-likeness (QED) is 0.877. The maximum absolute atomic E-state index is 12.2. The highest BCUT2D eigenvalue weighted by molar-refractivity contribution is 7.99. The highest BCUT2D eigenvalue weighted by Crippen LogP contribution is 2.27. The van der Waals surface area contributed by atoms with Crippen molar-refractivity contribution in [2.75, 3.05) is 18.1 Å². The van der Waals surface area contributed by atoms with E-state index in [0.29, 0.717) is 18.8 Å². The molecule has 0 aromatic heterocycles. The Morgan fingerprint density at radius 2 is 2.29 bits per heavy atom. The minimum atomic E-state index is -0.670. The molecule has 4 nitrogen and oxygen atoms in total. The van der Waals surface area contributed by atoms with Gasteiger partial charge < -0.3 is 10.1 Å². The molecule has 1 amide bonds.